The van der Waals surface area contributed by atoms with Crippen molar-refractivity contribution in [1.29, 1.82) is 0 Å². The van der Waals surface area contributed by atoms with E-state index in [2.05, 4.69) is 37.9 Å². The molecular formula is C17H21NO2. The highest BCUT2D eigenvalue weighted by Gasteiger charge is 2.17. The summed E-state index contributed by atoms with van der Waals surface area (Å²) >= 11 is 0. The highest BCUT2D eigenvalue weighted by Crippen LogP contribution is 2.29. The van der Waals surface area contributed by atoms with Crippen LogP contribution in [0.25, 0.3) is 0 Å². The maximum atomic E-state index is 9.06. The van der Waals surface area contributed by atoms with E-state index in [0.29, 0.717) is 11.6 Å². The number of aromatic nitrogens is 1. The third kappa shape index (κ3) is 3.36. The smallest absolute Gasteiger partial charge is 0.219 e. The molecule has 1 aromatic heterocycles. The quantitative estimate of drug-likeness (QED) is 0.892. The van der Waals surface area contributed by atoms with Gasteiger partial charge in [0.05, 0.1) is 12.3 Å². The number of aliphatic hydroxyl groups is 1. The number of aliphatic hydroxyl groups excluding tert-OH is 1. The fourth-order valence-corrected chi connectivity index (χ4v) is 1.90. The first-order valence-corrected chi connectivity index (χ1v) is 6.90. The molecule has 20 heavy (non-hydrogen) atoms. The first-order chi connectivity index (χ1) is 9.55. The lowest BCUT2D eigenvalue weighted by atomic mass is 9.82. The molecule has 1 heterocycles. The molecule has 0 fully saturated rings. The minimum atomic E-state index is -0.0825. The Morgan fingerprint density at radius 3 is 2.40 bits per heavy atom. The Kier molecular flexibility index (Phi) is 4.40. The van der Waals surface area contributed by atoms with Gasteiger partial charge in [-0.2, -0.15) is 0 Å². The van der Waals surface area contributed by atoms with Gasteiger partial charge in [0.25, 0.3) is 0 Å². The zero-order valence-corrected chi connectivity index (χ0v) is 12.3. The van der Waals surface area contributed by atoms with E-state index in [1.165, 1.54) is 5.56 Å². The van der Waals surface area contributed by atoms with E-state index in [9.17, 15) is 0 Å². The molecule has 0 bridgehead atoms. The van der Waals surface area contributed by atoms with Crippen molar-refractivity contribution in [3.63, 3.8) is 0 Å². The molecule has 0 atom stereocenters. The molecule has 0 spiro atoms. The fraction of sp³-hybridized carbons (Fsp3) is 0.353. The second-order valence-electron chi connectivity index (χ2n) is 5.49. The van der Waals surface area contributed by atoms with E-state index in [1.54, 1.807) is 12.1 Å². The normalized spacial score (nSPS) is 11.4. The lowest BCUT2D eigenvalue weighted by Crippen LogP contribution is -2.14. The van der Waals surface area contributed by atoms with E-state index < -0.39 is 0 Å². The SMILES string of the molecule is CCC(C)(C)c1ccc(Oc2cccc(CO)n2)cc1. The molecule has 2 rings (SSSR count). The lowest BCUT2D eigenvalue weighted by molar-refractivity contribution is 0.275. The predicted octanol–water partition coefficient (Wildman–Crippen LogP) is 4.05. The molecule has 0 aliphatic carbocycles. The first kappa shape index (κ1) is 14.5. The van der Waals surface area contributed by atoms with Crippen LogP contribution in [-0.2, 0) is 12.0 Å². The minimum Gasteiger partial charge on any atom is -0.439 e. The molecule has 2 aromatic rings. The Labute approximate surface area is 120 Å². The summed E-state index contributed by atoms with van der Waals surface area (Å²) in [4.78, 5) is 4.20. The summed E-state index contributed by atoms with van der Waals surface area (Å²) in [6, 6.07) is 13.5. The topological polar surface area (TPSA) is 42.4 Å². The summed E-state index contributed by atoms with van der Waals surface area (Å²) in [6.45, 7) is 6.57. The molecule has 0 saturated carbocycles. The molecule has 1 aromatic carbocycles. The molecule has 0 radical (unpaired) electrons. The molecule has 0 aliphatic rings. The lowest BCUT2D eigenvalue weighted by Gasteiger charge is -2.23. The number of rotatable bonds is 5. The maximum absolute atomic E-state index is 9.06. The van der Waals surface area contributed by atoms with Crippen LogP contribution in [0, 0.1) is 0 Å². The number of hydrogen-bond acceptors (Lipinski definition) is 3. The second-order valence-corrected chi connectivity index (χ2v) is 5.49. The van der Waals surface area contributed by atoms with Crippen LogP contribution in [0.15, 0.2) is 42.5 Å². The van der Waals surface area contributed by atoms with Crippen molar-refractivity contribution >= 4 is 0 Å². The molecule has 0 amide bonds. The summed E-state index contributed by atoms with van der Waals surface area (Å²) in [6.07, 6.45) is 1.09. The van der Waals surface area contributed by atoms with E-state index in [0.717, 1.165) is 12.2 Å². The van der Waals surface area contributed by atoms with Crippen LogP contribution in [0.3, 0.4) is 0 Å². The summed E-state index contributed by atoms with van der Waals surface area (Å²) in [5, 5.41) is 9.06. The first-order valence-electron chi connectivity index (χ1n) is 6.90. The van der Waals surface area contributed by atoms with Crippen molar-refractivity contribution < 1.29 is 9.84 Å². The van der Waals surface area contributed by atoms with Gasteiger partial charge in [-0.25, -0.2) is 4.98 Å². The molecule has 3 heteroatoms. The third-order valence-electron chi connectivity index (χ3n) is 3.69. The van der Waals surface area contributed by atoms with Gasteiger partial charge in [-0.05, 0) is 35.6 Å². The summed E-state index contributed by atoms with van der Waals surface area (Å²) < 4.78 is 5.70. The van der Waals surface area contributed by atoms with Crippen molar-refractivity contribution in [2.75, 3.05) is 0 Å². The molecule has 0 aliphatic heterocycles. The van der Waals surface area contributed by atoms with E-state index >= 15 is 0 Å². The van der Waals surface area contributed by atoms with Crippen LogP contribution in [-0.4, -0.2) is 10.1 Å². The van der Waals surface area contributed by atoms with Gasteiger partial charge in [-0.3, -0.25) is 0 Å². The highest BCUT2D eigenvalue weighted by molar-refractivity contribution is 5.33. The zero-order valence-electron chi connectivity index (χ0n) is 12.3. The maximum Gasteiger partial charge on any atom is 0.219 e. The standard InChI is InChI=1S/C17H21NO2/c1-4-17(2,3)13-8-10-15(11-9-13)20-16-7-5-6-14(12-19)18-16/h5-11,19H,4,12H2,1-3H3. The van der Waals surface area contributed by atoms with Crippen LogP contribution < -0.4 is 4.74 Å². The van der Waals surface area contributed by atoms with Crippen molar-refractivity contribution in [1.82, 2.24) is 4.98 Å². The molecule has 0 unspecified atom stereocenters. The monoisotopic (exact) mass is 271 g/mol. The van der Waals surface area contributed by atoms with Crippen molar-refractivity contribution in [3.8, 4) is 11.6 Å². The Morgan fingerprint density at radius 2 is 1.80 bits per heavy atom. The van der Waals surface area contributed by atoms with Gasteiger partial charge >= 0.3 is 0 Å². The van der Waals surface area contributed by atoms with Gasteiger partial charge in [0.15, 0.2) is 0 Å². The molecular weight excluding hydrogens is 250 g/mol. The molecule has 1 N–H and O–H groups in total. The Hall–Kier alpha value is -1.87. The number of ether oxygens (including phenoxy) is 1. The molecule has 3 nitrogen and oxygen atoms in total. The Balaban J connectivity index is 2.14. The van der Waals surface area contributed by atoms with Crippen molar-refractivity contribution in [2.45, 2.75) is 39.2 Å². The van der Waals surface area contributed by atoms with Crippen molar-refractivity contribution in [2.24, 2.45) is 0 Å². The fourth-order valence-electron chi connectivity index (χ4n) is 1.90. The van der Waals surface area contributed by atoms with E-state index in [-0.39, 0.29) is 12.0 Å². The number of hydrogen-bond donors (Lipinski definition) is 1. The molecule has 106 valence electrons. The highest BCUT2D eigenvalue weighted by atomic mass is 16.5. The predicted molar refractivity (Wildman–Crippen MR) is 80.0 cm³/mol. The summed E-state index contributed by atoms with van der Waals surface area (Å²) in [7, 11) is 0. The van der Waals surface area contributed by atoms with Crippen LogP contribution in [0.4, 0.5) is 0 Å². The Bertz CT molecular complexity index is 561. The van der Waals surface area contributed by atoms with Gasteiger partial charge in [-0.15, -0.1) is 0 Å². The van der Waals surface area contributed by atoms with Gasteiger partial charge in [0.1, 0.15) is 5.75 Å². The Morgan fingerprint density at radius 1 is 1.10 bits per heavy atom. The molecule has 0 saturated heterocycles. The van der Waals surface area contributed by atoms with Gasteiger partial charge < -0.3 is 9.84 Å². The van der Waals surface area contributed by atoms with Crippen LogP contribution in [0.5, 0.6) is 11.6 Å². The summed E-state index contributed by atoms with van der Waals surface area (Å²) in [5.41, 5.74) is 2.07. The third-order valence-corrected chi connectivity index (χ3v) is 3.69. The number of benzene rings is 1. The number of pyridine rings is 1. The minimum absolute atomic E-state index is 0.0825. The van der Waals surface area contributed by atoms with Crippen LogP contribution in [0.2, 0.25) is 0 Å². The zero-order chi connectivity index (χ0) is 14.6. The van der Waals surface area contributed by atoms with Crippen molar-refractivity contribution in [3.05, 3.63) is 53.7 Å². The van der Waals surface area contributed by atoms with Gasteiger partial charge in [0.2, 0.25) is 5.88 Å². The van der Waals surface area contributed by atoms with E-state index in [4.69, 9.17) is 9.84 Å². The average molecular weight is 271 g/mol. The largest absolute Gasteiger partial charge is 0.439 e. The van der Waals surface area contributed by atoms with E-state index in [1.807, 2.05) is 18.2 Å². The van der Waals surface area contributed by atoms with Gasteiger partial charge in [-0.1, -0.05) is 39.0 Å². The summed E-state index contributed by atoms with van der Waals surface area (Å²) in [5.74, 6) is 1.25. The van der Waals surface area contributed by atoms with Crippen LogP contribution >= 0.6 is 0 Å². The average Bonchev–Trinajstić information content (AvgIpc) is 2.48. The second kappa shape index (κ2) is 6.06. The van der Waals surface area contributed by atoms with Crippen LogP contribution in [0.1, 0.15) is 38.4 Å². The number of nitrogens with zero attached hydrogens (tertiary/aromatic N) is 1. The van der Waals surface area contributed by atoms with Gasteiger partial charge in [0, 0.05) is 6.07 Å².